The molecule has 3 aliphatic heterocycles. The van der Waals surface area contributed by atoms with Gasteiger partial charge in [-0.15, -0.1) is 6.58 Å². The first-order valence-corrected chi connectivity index (χ1v) is 11.5. The van der Waals surface area contributed by atoms with Crippen LogP contribution in [0.1, 0.15) is 43.1 Å². The largest absolute Gasteiger partial charge is 0.364 e. The standard InChI is InChI=1S/C26H26N6O3/c1-5-25(3,4)26-14-20-23(35)31(22(34)16-10-6-8-12-18(16)29-30-27)15(2)21(33)32(20)24(26)28-19-13-9-7-11-17(19)26/h5-13,15,20,24,28H,1,14H2,2-4H3/t15-,20+,24+,26-/m1/s1. The average molecular weight is 471 g/mol. The number of nitrogens with zero attached hydrogens (tertiary/aromatic N) is 5. The summed E-state index contributed by atoms with van der Waals surface area (Å²) in [6.45, 7) is 9.75. The molecule has 2 saturated heterocycles. The molecule has 35 heavy (non-hydrogen) atoms. The van der Waals surface area contributed by atoms with Crippen LogP contribution in [0, 0.1) is 5.41 Å². The lowest BCUT2D eigenvalue weighted by atomic mass is 9.60. The molecule has 178 valence electrons. The van der Waals surface area contributed by atoms with Crippen molar-refractivity contribution in [3.8, 4) is 0 Å². The Morgan fingerprint density at radius 3 is 2.60 bits per heavy atom. The fourth-order valence-corrected chi connectivity index (χ4v) is 6.03. The van der Waals surface area contributed by atoms with E-state index in [0.717, 1.165) is 16.2 Å². The molecule has 2 fully saturated rings. The molecule has 0 saturated carbocycles. The number of amides is 3. The second kappa shape index (κ2) is 7.71. The van der Waals surface area contributed by atoms with Crippen LogP contribution in [-0.4, -0.2) is 45.8 Å². The van der Waals surface area contributed by atoms with Crippen LogP contribution in [-0.2, 0) is 15.0 Å². The van der Waals surface area contributed by atoms with Crippen molar-refractivity contribution in [1.29, 1.82) is 0 Å². The lowest BCUT2D eigenvalue weighted by Gasteiger charge is -2.44. The van der Waals surface area contributed by atoms with Gasteiger partial charge in [-0.2, -0.15) is 0 Å². The van der Waals surface area contributed by atoms with Crippen molar-refractivity contribution < 1.29 is 14.4 Å². The lowest BCUT2D eigenvalue weighted by Crippen LogP contribution is -2.66. The van der Waals surface area contributed by atoms with E-state index in [1.54, 1.807) is 24.0 Å². The zero-order valence-electron chi connectivity index (χ0n) is 19.8. The van der Waals surface area contributed by atoms with Crippen molar-refractivity contribution >= 4 is 29.1 Å². The Labute approximate surface area is 203 Å². The molecule has 9 nitrogen and oxygen atoms in total. The van der Waals surface area contributed by atoms with E-state index in [1.807, 2.05) is 30.3 Å². The van der Waals surface area contributed by atoms with E-state index in [2.05, 4.69) is 35.8 Å². The number of imide groups is 1. The number of carbonyl (C=O) groups is 3. The summed E-state index contributed by atoms with van der Waals surface area (Å²) < 4.78 is 0. The van der Waals surface area contributed by atoms with Gasteiger partial charge in [-0.3, -0.25) is 19.3 Å². The number of allylic oxidation sites excluding steroid dienone is 1. The summed E-state index contributed by atoms with van der Waals surface area (Å²) in [5, 5.41) is 7.09. The maximum Gasteiger partial charge on any atom is 0.261 e. The second-order valence-electron chi connectivity index (χ2n) is 9.85. The Bertz CT molecular complexity index is 1330. The topological polar surface area (TPSA) is 118 Å². The summed E-state index contributed by atoms with van der Waals surface area (Å²) in [4.78, 5) is 46.7. The van der Waals surface area contributed by atoms with E-state index in [9.17, 15) is 14.4 Å². The molecule has 3 amide bonds. The van der Waals surface area contributed by atoms with Crippen molar-refractivity contribution in [3.05, 3.63) is 82.8 Å². The van der Waals surface area contributed by atoms with E-state index in [1.165, 1.54) is 12.1 Å². The van der Waals surface area contributed by atoms with Crippen LogP contribution in [0.4, 0.5) is 11.4 Å². The van der Waals surface area contributed by atoms with Crippen LogP contribution < -0.4 is 5.32 Å². The molecular weight excluding hydrogens is 444 g/mol. The first-order chi connectivity index (χ1) is 16.7. The summed E-state index contributed by atoms with van der Waals surface area (Å²) in [6.07, 6.45) is 1.77. The van der Waals surface area contributed by atoms with E-state index < -0.39 is 40.9 Å². The molecule has 0 bridgehead atoms. The van der Waals surface area contributed by atoms with Gasteiger partial charge in [-0.1, -0.05) is 61.4 Å². The van der Waals surface area contributed by atoms with Crippen molar-refractivity contribution in [1.82, 2.24) is 9.80 Å². The molecule has 4 atom stereocenters. The number of hydrogen-bond donors (Lipinski definition) is 1. The van der Waals surface area contributed by atoms with Gasteiger partial charge in [0.15, 0.2) is 0 Å². The van der Waals surface area contributed by atoms with Gasteiger partial charge in [0, 0.05) is 21.6 Å². The minimum absolute atomic E-state index is 0.0783. The van der Waals surface area contributed by atoms with Crippen LogP contribution in [0.25, 0.3) is 10.4 Å². The summed E-state index contributed by atoms with van der Waals surface area (Å²) in [5.74, 6) is -1.40. The number of para-hydroxylation sites is 1. The predicted octanol–water partition coefficient (Wildman–Crippen LogP) is 4.50. The molecule has 3 heterocycles. The van der Waals surface area contributed by atoms with Gasteiger partial charge in [-0.05, 0) is 42.0 Å². The third-order valence-corrected chi connectivity index (χ3v) is 7.98. The van der Waals surface area contributed by atoms with Crippen LogP contribution in [0.5, 0.6) is 0 Å². The molecule has 0 spiro atoms. The molecule has 1 N–H and O–H groups in total. The molecule has 9 heteroatoms. The summed E-state index contributed by atoms with van der Waals surface area (Å²) >= 11 is 0. The number of nitrogens with one attached hydrogen (secondary N) is 1. The third-order valence-electron chi connectivity index (χ3n) is 7.98. The van der Waals surface area contributed by atoms with Gasteiger partial charge in [-0.25, -0.2) is 0 Å². The molecule has 3 aliphatic rings. The smallest absolute Gasteiger partial charge is 0.261 e. The molecule has 0 radical (unpaired) electrons. The van der Waals surface area contributed by atoms with Crippen molar-refractivity contribution in [2.75, 3.05) is 5.32 Å². The number of fused-ring (bicyclic) bond motifs is 5. The molecular formula is C26H26N6O3. The highest BCUT2D eigenvalue weighted by Gasteiger charge is 2.68. The van der Waals surface area contributed by atoms with Crippen molar-refractivity contribution in [3.63, 3.8) is 0 Å². The predicted molar refractivity (Wildman–Crippen MR) is 131 cm³/mol. The van der Waals surface area contributed by atoms with Crippen LogP contribution in [0.15, 0.2) is 66.3 Å². The van der Waals surface area contributed by atoms with Gasteiger partial charge in [0.2, 0.25) is 5.91 Å². The van der Waals surface area contributed by atoms with Crippen LogP contribution in [0.2, 0.25) is 0 Å². The van der Waals surface area contributed by atoms with Crippen molar-refractivity contribution in [2.24, 2.45) is 10.5 Å². The highest BCUT2D eigenvalue weighted by atomic mass is 16.2. The zero-order chi connectivity index (χ0) is 25.1. The van der Waals surface area contributed by atoms with Gasteiger partial charge >= 0.3 is 0 Å². The maximum atomic E-state index is 13.9. The Hall–Kier alpha value is -4.10. The molecule has 0 aromatic heterocycles. The fraction of sp³-hybridized carbons (Fsp3) is 0.346. The number of carbonyl (C=O) groups excluding carboxylic acids is 3. The zero-order valence-corrected chi connectivity index (χ0v) is 19.8. The number of piperazine rings is 1. The van der Waals surface area contributed by atoms with Gasteiger partial charge in [0.25, 0.3) is 11.8 Å². The number of rotatable bonds is 4. The minimum atomic E-state index is -1.02. The van der Waals surface area contributed by atoms with Crippen LogP contribution >= 0.6 is 0 Å². The maximum absolute atomic E-state index is 13.9. The minimum Gasteiger partial charge on any atom is -0.364 e. The average Bonchev–Trinajstić information content (AvgIpc) is 3.36. The quantitative estimate of drug-likeness (QED) is 0.233. The number of hydrogen-bond acceptors (Lipinski definition) is 5. The normalized spacial score (nSPS) is 26.9. The summed E-state index contributed by atoms with van der Waals surface area (Å²) in [7, 11) is 0. The first kappa shape index (κ1) is 22.7. The van der Waals surface area contributed by atoms with E-state index in [4.69, 9.17) is 5.53 Å². The van der Waals surface area contributed by atoms with E-state index in [0.29, 0.717) is 6.42 Å². The van der Waals surface area contributed by atoms with Crippen molar-refractivity contribution in [2.45, 2.75) is 50.9 Å². The first-order valence-electron chi connectivity index (χ1n) is 11.5. The Morgan fingerprint density at radius 2 is 1.89 bits per heavy atom. The number of benzene rings is 2. The molecule has 2 aromatic rings. The van der Waals surface area contributed by atoms with Gasteiger partial charge in [0.1, 0.15) is 18.2 Å². The molecule has 0 aliphatic carbocycles. The molecule has 0 unspecified atom stereocenters. The Morgan fingerprint density at radius 1 is 1.20 bits per heavy atom. The van der Waals surface area contributed by atoms with E-state index in [-0.39, 0.29) is 17.2 Å². The van der Waals surface area contributed by atoms with Gasteiger partial charge in [0.05, 0.1) is 5.69 Å². The molecule has 2 aromatic carbocycles. The Balaban J connectivity index is 1.61. The highest BCUT2D eigenvalue weighted by molar-refractivity contribution is 6.13. The fourth-order valence-electron chi connectivity index (χ4n) is 6.03. The highest BCUT2D eigenvalue weighted by Crippen LogP contribution is 2.60. The third kappa shape index (κ3) is 2.88. The van der Waals surface area contributed by atoms with E-state index >= 15 is 0 Å². The lowest BCUT2D eigenvalue weighted by molar-refractivity contribution is -0.157. The SMILES string of the molecule is C=CC(C)(C)[C@@]12C[C@H]3C(=O)N(C(=O)c4ccccc4N=[N+]=[N-])[C@H](C)C(=O)N3[C@@H]1Nc1ccccc12. The van der Waals surface area contributed by atoms with Crippen LogP contribution in [0.3, 0.4) is 0 Å². The second-order valence-corrected chi connectivity index (χ2v) is 9.85. The molecule has 5 rings (SSSR count). The number of azide groups is 1. The number of anilines is 1. The van der Waals surface area contributed by atoms with Gasteiger partial charge < -0.3 is 10.2 Å². The monoisotopic (exact) mass is 470 g/mol. The summed E-state index contributed by atoms with van der Waals surface area (Å²) in [6, 6.07) is 12.3. The Kier molecular flexibility index (Phi) is 5.00. The summed E-state index contributed by atoms with van der Waals surface area (Å²) in [5.41, 5.74) is 9.97.